The van der Waals surface area contributed by atoms with Crippen molar-refractivity contribution in [3.05, 3.63) is 70.2 Å². The molecule has 0 fully saturated rings. The molecule has 7 nitrogen and oxygen atoms in total. The third-order valence-corrected chi connectivity index (χ3v) is 6.94. The molecule has 0 saturated carbocycles. The summed E-state index contributed by atoms with van der Waals surface area (Å²) in [6.45, 7) is 2.19. The Hall–Kier alpha value is -2.88. The number of fused-ring (bicyclic) bond motifs is 1. The number of aryl methyl sites for hydroxylation is 1. The molecule has 0 unspecified atom stereocenters. The van der Waals surface area contributed by atoms with Crippen molar-refractivity contribution >= 4 is 33.2 Å². The van der Waals surface area contributed by atoms with Crippen molar-refractivity contribution in [2.75, 3.05) is 6.54 Å². The molecule has 1 aromatic heterocycles. The second kappa shape index (κ2) is 7.51. The van der Waals surface area contributed by atoms with E-state index in [1.165, 1.54) is 35.1 Å². The summed E-state index contributed by atoms with van der Waals surface area (Å²) in [5.41, 5.74) is 3.25. The summed E-state index contributed by atoms with van der Waals surface area (Å²) in [5, 5.41) is 4.94. The summed E-state index contributed by atoms with van der Waals surface area (Å²) < 4.78 is 27.6. The van der Waals surface area contributed by atoms with Gasteiger partial charge in [0.25, 0.3) is 11.8 Å². The Balaban J connectivity index is 1.42. The topological polar surface area (TPSA) is 105 Å². The number of imide groups is 1. The van der Waals surface area contributed by atoms with E-state index in [2.05, 4.69) is 15.0 Å². The van der Waals surface area contributed by atoms with Gasteiger partial charge in [-0.3, -0.25) is 14.9 Å². The van der Waals surface area contributed by atoms with E-state index in [9.17, 15) is 18.0 Å². The predicted molar refractivity (Wildman–Crippen MR) is 109 cm³/mol. The Labute approximate surface area is 171 Å². The lowest BCUT2D eigenvalue weighted by Gasteiger charge is -2.07. The van der Waals surface area contributed by atoms with Crippen molar-refractivity contribution in [2.24, 2.45) is 0 Å². The van der Waals surface area contributed by atoms with Crippen LogP contribution in [0.2, 0.25) is 0 Å². The standard InChI is InChI=1S/C20H17N3O4S2/c1-12-2-4-13(5-3-12)20-22-14(11-28-20)8-9-21-29(26,27)15-6-7-16-17(10-15)19(25)23-18(16)24/h2-7,10-11,21H,8-9H2,1H3,(H,23,24,25). The molecule has 2 amide bonds. The van der Waals surface area contributed by atoms with E-state index in [0.29, 0.717) is 6.42 Å². The summed E-state index contributed by atoms with van der Waals surface area (Å²) in [7, 11) is -3.81. The van der Waals surface area contributed by atoms with Crippen molar-refractivity contribution in [3.8, 4) is 10.6 Å². The molecular formula is C20H17N3O4S2. The lowest BCUT2D eigenvalue weighted by atomic mass is 10.1. The van der Waals surface area contributed by atoms with Gasteiger partial charge in [-0.15, -0.1) is 11.3 Å². The predicted octanol–water partition coefficient (Wildman–Crippen LogP) is 2.52. The van der Waals surface area contributed by atoms with Crippen LogP contribution >= 0.6 is 11.3 Å². The van der Waals surface area contributed by atoms with Gasteiger partial charge in [0, 0.05) is 23.9 Å². The zero-order valence-corrected chi connectivity index (χ0v) is 17.1. The summed E-state index contributed by atoms with van der Waals surface area (Å²) in [6.07, 6.45) is 0.436. The number of nitrogens with one attached hydrogen (secondary N) is 2. The van der Waals surface area contributed by atoms with Crippen LogP contribution in [0.5, 0.6) is 0 Å². The van der Waals surface area contributed by atoms with Crippen LogP contribution in [0.15, 0.2) is 52.7 Å². The van der Waals surface area contributed by atoms with Crippen molar-refractivity contribution in [1.82, 2.24) is 15.0 Å². The molecule has 29 heavy (non-hydrogen) atoms. The number of benzene rings is 2. The number of nitrogens with zero attached hydrogens (tertiary/aromatic N) is 1. The molecule has 2 aromatic carbocycles. The van der Waals surface area contributed by atoms with E-state index in [1.807, 2.05) is 36.6 Å². The molecule has 0 spiro atoms. The number of amides is 2. The number of thiazole rings is 1. The van der Waals surface area contributed by atoms with Gasteiger partial charge in [-0.05, 0) is 25.1 Å². The van der Waals surface area contributed by atoms with Gasteiger partial charge >= 0.3 is 0 Å². The van der Waals surface area contributed by atoms with Crippen LogP contribution < -0.4 is 10.0 Å². The van der Waals surface area contributed by atoms with E-state index < -0.39 is 21.8 Å². The Morgan fingerprint density at radius 3 is 2.52 bits per heavy atom. The van der Waals surface area contributed by atoms with E-state index in [1.54, 1.807) is 0 Å². The average molecular weight is 428 g/mol. The molecule has 2 heterocycles. The lowest BCUT2D eigenvalue weighted by molar-refractivity contribution is 0.0879. The molecule has 0 radical (unpaired) electrons. The highest BCUT2D eigenvalue weighted by molar-refractivity contribution is 7.89. The highest BCUT2D eigenvalue weighted by Gasteiger charge is 2.28. The lowest BCUT2D eigenvalue weighted by Crippen LogP contribution is -2.26. The molecule has 2 N–H and O–H groups in total. The minimum atomic E-state index is -3.81. The molecule has 0 saturated heterocycles. The maximum atomic E-state index is 12.5. The van der Waals surface area contributed by atoms with Crippen molar-refractivity contribution in [3.63, 3.8) is 0 Å². The molecule has 3 aromatic rings. The van der Waals surface area contributed by atoms with Crippen LogP contribution in [0.1, 0.15) is 32.0 Å². The molecular weight excluding hydrogens is 410 g/mol. The molecule has 0 bridgehead atoms. The first-order chi connectivity index (χ1) is 13.8. The highest BCUT2D eigenvalue weighted by atomic mass is 32.2. The number of hydrogen-bond acceptors (Lipinski definition) is 6. The molecule has 148 valence electrons. The quantitative estimate of drug-likeness (QED) is 0.588. The van der Waals surface area contributed by atoms with E-state index in [-0.39, 0.29) is 22.6 Å². The second-order valence-corrected chi connectivity index (χ2v) is 9.27. The minimum Gasteiger partial charge on any atom is -0.288 e. The van der Waals surface area contributed by atoms with Crippen molar-refractivity contribution < 1.29 is 18.0 Å². The number of hydrogen-bond donors (Lipinski definition) is 2. The summed E-state index contributed by atoms with van der Waals surface area (Å²) in [6, 6.07) is 11.9. The van der Waals surface area contributed by atoms with E-state index in [0.717, 1.165) is 16.3 Å². The fourth-order valence-electron chi connectivity index (χ4n) is 2.96. The Morgan fingerprint density at radius 2 is 1.76 bits per heavy atom. The summed E-state index contributed by atoms with van der Waals surface area (Å²) in [4.78, 5) is 27.8. The molecule has 0 aliphatic carbocycles. The second-order valence-electron chi connectivity index (χ2n) is 6.65. The van der Waals surface area contributed by atoms with Crippen LogP contribution in [-0.4, -0.2) is 31.8 Å². The fourth-order valence-corrected chi connectivity index (χ4v) is 4.88. The number of carbonyl (C=O) groups excluding carboxylic acids is 2. The van der Waals surface area contributed by atoms with Gasteiger partial charge < -0.3 is 0 Å². The Kier molecular flexibility index (Phi) is 5.03. The smallest absolute Gasteiger partial charge is 0.258 e. The largest absolute Gasteiger partial charge is 0.288 e. The average Bonchev–Trinajstić information content (AvgIpc) is 3.27. The molecule has 4 rings (SSSR count). The molecule has 1 aliphatic rings. The summed E-state index contributed by atoms with van der Waals surface area (Å²) in [5.74, 6) is -1.11. The SMILES string of the molecule is Cc1ccc(-c2nc(CCNS(=O)(=O)c3ccc4c(c3)C(=O)NC4=O)cs2)cc1. The zero-order valence-electron chi connectivity index (χ0n) is 15.4. The van der Waals surface area contributed by atoms with E-state index >= 15 is 0 Å². The van der Waals surface area contributed by atoms with Crippen molar-refractivity contribution in [1.29, 1.82) is 0 Å². The van der Waals surface area contributed by atoms with Gasteiger partial charge in [0.1, 0.15) is 5.01 Å². The van der Waals surface area contributed by atoms with Gasteiger partial charge in [-0.2, -0.15) is 0 Å². The zero-order chi connectivity index (χ0) is 20.6. The van der Waals surface area contributed by atoms with E-state index in [4.69, 9.17) is 0 Å². The fraction of sp³-hybridized carbons (Fsp3) is 0.150. The molecule has 1 aliphatic heterocycles. The van der Waals surface area contributed by atoms with Crippen LogP contribution in [0.3, 0.4) is 0 Å². The third-order valence-electron chi connectivity index (χ3n) is 4.54. The van der Waals surface area contributed by atoms with Crippen LogP contribution in [0, 0.1) is 6.92 Å². The number of sulfonamides is 1. The van der Waals surface area contributed by atoms with Gasteiger partial charge in [0.15, 0.2) is 0 Å². The maximum absolute atomic E-state index is 12.5. The highest BCUT2D eigenvalue weighted by Crippen LogP contribution is 2.24. The van der Waals surface area contributed by atoms with Gasteiger partial charge in [0.2, 0.25) is 10.0 Å². The van der Waals surface area contributed by atoms with Gasteiger partial charge in [-0.1, -0.05) is 29.8 Å². The maximum Gasteiger partial charge on any atom is 0.258 e. The van der Waals surface area contributed by atoms with Crippen molar-refractivity contribution in [2.45, 2.75) is 18.2 Å². The van der Waals surface area contributed by atoms with Gasteiger partial charge in [0.05, 0.1) is 21.7 Å². The minimum absolute atomic E-state index is 0.0558. The first kappa shape index (κ1) is 19.4. The van der Waals surface area contributed by atoms with Crippen LogP contribution in [0.25, 0.3) is 10.6 Å². The summed E-state index contributed by atoms with van der Waals surface area (Å²) >= 11 is 1.51. The molecule has 0 atom stereocenters. The third kappa shape index (κ3) is 3.98. The number of aromatic nitrogens is 1. The normalized spacial score (nSPS) is 13.4. The molecule has 9 heteroatoms. The van der Waals surface area contributed by atoms with Crippen LogP contribution in [-0.2, 0) is 16.4 Å². The monoisotopic (exact) mass is 427 g/mol. The Morgan fingerprint density at radius 1 is 1.03 bits per heavy atom. The number of rotatable bonds is 6. The van der Waals surface area contributed by atoms with Crippen LogP contribution in [0.4, 0.5) is 0 Å². The van der Waals surface area contributed by atoms with Gasteiger partial charge in [-0.25, -0.2) is 18.1 Å². The first-order valence-corrected chi connectivity index (χ1v) is 11.2. The first-order valence-electron chi connectivity index (χ1n) is 8.84. The Bertz CT molecular complexity index is 1210. The number of carbonyl (C=O) groups is 2.